The molecule has 1 saturated carbocycles. The van der Waals surface area contributed by atoms with Gasteiger partial charge in [-0.1, -0.05) is 15.9 Å². The Hall–Kier alpha value is -1.54. The van der Waals surface area contributed by atoms with Gasteiger partial charge < -0.3 is 5.11 Å². The lowest BCUT2D eigenvalue weighted by atomic mass is 10.2. The number of aromatic nitrogens is 3. The Morgan fingerprint density at radius 2 is 2.25 bits per heavy atom. The molecule has 0 saturated heterocycles. The van der Waals surface area contributed by atoms with E-state index in [1.54, 1.807) is 16.7 Å². The Balaban J connectivity index is 2.01. The average Bonchev–Trinajstić information content (AvgIpc) is 3.15. The van der Waals surface area contributed by atoms with Gasteiger partial charge in [0.05, 0.1) is 5.56 Å². The summed E-state index contributed by atoms with van der Waals surface area (Å²) in [6.45, 7) is 0. The number of carboxylic acid groups (broad SMARTS) is 1. The largest absolute Gasteiger partial charge is 0.478 e. The van der Waals surface area contributed by atoms with Crippen LogP contribution in [0.25, 0.3) is 0 Å². The first-order valence-corrected chi connectivity index (χ1v) is 7.55. The van der Waals surface area contributed by atoms with Crippen molar-refractivity contribution in [1.29, 1.82) is 0 Å². The van der Waals surface area contributed by atoms with E-state index in [9.17, 15) is 14.7 Å². The molecule has 0 aliphatic heterocycles. The summed E-state index contributed by atoms with van der Waals surface area (Å²) in [7, 11) is 0. The van der Waals surface area contributed by atoms with Gasteiger partial charge in [-0.15, -0.1) is 5.10 Å². The van der Waals surface area contributed by atoms with E-state index in [0.29, 0.717) is 10.1 Å². The second-order valence-electron chi connectivity index (χ2n) is 4.46. The number of hydrogen-bond donors (Lipinski definition) is 2. The van der Waals surface area contributed by atoms with Crippen LogP contribution in [0.2, 0.25) is 0 Å². The summed E-state index contributed by atoms with van der Waals surface area (Å²) >= 11 is 4.50. The normalized spacial score (nSPS) is 14.4. The fourth-order valence-corrected chi connectivity index (χ4v) is 3.45. The van der Waals surface area contributed by atoms with Crippen molar-refractivity contribution >= 4 is 33.7 Å². The number of halogens is 1. The predicted molar refractivity (Wildman–Crippen MR) is 76.3 cm³/mol. The van der Waals surface area contributed by atoms with Gasteiger partial charge in [0, 0.05) is 15.4 Å². The van der Waals surface area contributed by atoms with Crippen molar-refractivity contribution in [3.05, 3.63) is 38.7 Å². The van der Waals surface area contributed by atoms with Gasteiger partial charge >= 0.3 is 11.7 Å². The molecule has 3 rings (SSSR count). The molecule has 1 heterocycles. The van der Waals surface area contributed by atoms with Crippen LogP contribution in [0.4, 0.5) is 0 Å². The minimum atomic E-state index is -1.00. The van der Waals surface area contributed by atoms with Crippen LogP contribution in [-0.2, 0) is 0 Å². The molecule has 1 aromatic carbocycles. The molecule has 0 radical (unpaired) electrons. The summed E-state index contributed by atoms with van der Waals surface area (Å²) < 4.78 is 2.37. The van der Waals surface area contributed by atoms with E-state index in [0.717, 1.165) is 17.3 Å². The molecule has 2 aromatic rings. The Bertz CT molecular complexity index is 736. The molecule has 1 fully saturated rings. The number of nitrogens with one attached hydrogen (secondary N) is 1. The van der Waals surface area contributed by atoms with Crippen molar-refractivity contribution in [2.75, 3.05) is 0 Å². The minimum absolute atomic E-state index is 0.184. The van der Waals surface area contributed by atoms with Crippen molar-refractivity contribution in [3.63, 3.8) is 0 Å². The third kappa shape index (κ3) is 2.53. The number of aromatic amines is 1. The molecule has 1 aliphatic rings. The summed E-state index contributed by atoms with van der Waals surface area (Å²) in [5.74, 6) is -1.00. The number of hydrogen-bond acceptors (Lipinski definition) is 4. The lowest BCUT2D eigenvalue weighted by molar-refractivity contribution is 0.0693. The second-order valence-corrected chi connectivity index (χ2v) is 6.38. The molecule has 6 nitrogen and oxygen atoms in total. The highest BCUT2D eigenvalue weighted by Gasteiger charge is 2.29. The van der Waals surface area contributed by atoms with Crippen LogP contribution in [-0.4, -0.2) is 25.8 Å². The van der Waals surface area contributed by atoms with Gasteiger partial charge in [0.25, 0.3) is 0 Å². The van der Waals surface area contributed by atoms with Crippen LogP contribution in [0.1, 0.15) is 29.2 Å². The molecule has 1 aromatic heterocycles. The highest BCUT2D eigenvalue weighted by atomic mass is 79.9. The summed E-state index contributed by atoms with van der Waals surface area (Å²) in [5.41, 5.74) is -0.0575. The molecule has 8 heteroatoms. The fourth-order valence-electron chi connectivity index (χ4n) is 1.87. The van der Waals surface area contributed by atoms with Crippen molar-refractivity contribution in [1.82, 2.24) is 14.8 Å². The maximum absolute atomic E-state index is 11.7. The van der Waals surface area contributed by atoms with Gasteiger partial charge in [-0.3, -0.25) is 4.57 Å². The van der Waals surface area contributed by atoms with E-state index in [2.05, 4.69) is 26.1 Å². The maximum Gasteiger partial charge on any atom is 0.344 e. The number of carbonyl (C=O) groups is 1. The molecule has 20 heavy (non-hydrogen) atoms. The van der Waals surface area contributed by atoms with Crippen LogP contribution in [0.5, 0.6) is 0 Å². The smallest absolute Gasteiger partial charge is 0.344 e. The molecular weight excluding hydrogens is 346 g/mol. The van der Waals surface area contributed by atoms with E-state index in [-0.39, 0.29) is 17.3 Å². The Kier molecular flexibility index (Phi) is 3.43. The number of nitrogens with zero attached hydrogens (tertiary/aromatic N) is 2. The first-order chi connectivity index (χ1) is 9.56. The fraction of sp³-hybridized carbons (Fsp3) is 0.250. The van der Waals surface area contributed by atoms with Crippen LogP contribution in [0.15, 0.2) is 37.5 Å². The Morgan fingerprint density at radius 1 is 1.50 bits per heavy atom. The number of H-pyrrole nitrogens is 1. The Labute approximate surface area is 126 Å². The molecular formula is C12H10BrN3O3S. The van der Waals surface area contributed by atoms with Gasteiger partial charge in [-0.25, -0.2) is 14.7 Å². The third-order valence-electron chi connectivity index (χ3n) is 2.96. The number of aromatic carboxylic acids is 1. The average molecular weight is 356 g/mol. The maximum atomic E-state index is 11.7. The summed E-state index contributed by atoms with van der Waals surface area (Å²) in [6.07, 6.45) is 1.91. The zero-order valence-electron chi connectivity index (χ0n) is 10.2. The highest BCUT2D eigenvalue weighted by molar-refractivity contribution is 9.10. The lowest BCUT2D eigenvalue weighted by Gasteiger charge is -2.07. The van der Waals surface area contributed by atoms with Crippen LogP contribution < -0.4 is 5.69 Å². The zero-order valence-corrected chi connectivity index (χ0v) is 12.6. The summed E-state index contributed by atoms with van der Waals surface area (Å²) in [4.78, 5) is 23.5. The minimum Gasteiger partial charge on any atom is -0.478 e. The zero-order chi connectivity index (χ0) is 14.3. The number of benzene rings is 1. The first-order valence-electron chi connectivity index (χ1n) is 5.94. The van der Waals surface area contributed by atoms with Gasteiger partial charge in [0.1, 0.15) is 0 Å². The molecule has 1 aliphatic carbocycles. The lowest BCUT2D eigenvalue weighted by Crippen LogP contribution is -2.16. The molecule has 0 bridgehead atoms. The first kappa shape index (κ1) is 13.4. The van der Waals surface area contributed by atoms with E-state index in [1.807, 2.05) is 0 Å². The van der Waals surface area contributed by atoms with Crippen molar-refractivity contribution < 1.29 is 9.90 Å². The van der Waals surface area contributed by atoms with Gasteiger partial charge in [-0.2, -0.15) is 0 Å². The molecule has 0 amide bonds. The van der Waals surface area contributed by atoms with E-state index in [4.69, 9.17) is 0 Å². The summed E-state index contributed by atoms with van der Waals surface area (Å²) in [6, 6.07) is 5.10. The number of carboxylic acids is 1. The van der Waals surface area contributed by atoms with Gasteiger partial charge in [0.15, 0.2) is 5.16 Å². The third-order valence-corrected chi connectivity index (χ3v) is 4.48. The predicted octanol–water partition coefficient (Wildman–Crippen LogP) is 2.52. The monoisotopic (exact) mass is 355 g/mol. The number of rotatable bonds is 4. The van der Waals surface area contributed by atoms with Crippen molar-refractivity contribution in [2.45, 2.75) is 28.9 Å². The van der Waals surface area contributed by atoms with E-state index < -0.39 is 5.97 Å². The molecule has 104 valence electrons. The standard InChI is InChI=1S/C12H10BrN3O3S/c13-6-1-4-8(10(17)18)9(5-6)20-12-15-14-11(19)16(12)7-2-3-7/h1,4-5,7H,2-3H2,(H,14,19)(H,17,18). The van der Waals surface area contributed by atoms with E-state index >= 15 is 0 Å². The summed E-state index contributed by atoms with van der Waals surface area (Å²) in [5, 5.41) is 16.1. The van der Waals surface area contributed by atoms with E-state index in [1.165, 1.54) is 17.8 Å². The molecule has 0 spiro atoms. The van der Waals surface area contributed by atoms with Gasteiger partial charge in [-0.05, 0) is 42.8 Å². The van der Waals surface area contributed by atoms with Crippen LogP contribution in [0.3, 0.4) is 0 Å². The molecule has 0 atom stereocenters. The van der Waals surface area contributed by atoms with Crippen molar-refractivity contribution in [3.8, 4) is 0 Å². The highest BCUT2D eigenvalue weighted by Crippen LogP contribution is 2.38. The van der Waals surface area contributed by atoms with Crippen LogP contribution in [0, 0.1) is 0 Å². The van der Waals surface area contributed by atoms with Gasteiger partial charge in [0.2, 0.25) is 0 Å². The molecule has 2 N–H and O–H groups in total. The second kappa shape index (κ2) is 5.10. The van der Waals surface area contributed by atoms with Crippen LogP contribution >= 0.6 is 27.7 Å². The Morgan fingerprint density at radius 3 is 2.90 bits per heavy atom. The van der Waals surface area contributed by atoms with Crippen molar-refractivity contribution in [2.24, 2.45) is 0 Å². The topological polar surface area (TPSA) is 88.0 Å². The quantitative estimate of drug-likeness (QED) is 0.879. The molecule has 0 unspecified atom stereocenters. The SMILES string of the molecule is O=C(O)c1ccc(Br)cc1Sc1n[nH]c(=O)n1C1CC1.